The van der Waals surface area contributed by atoms with E-state index in [0.717, 1.165) is 21.9 Å². The van der Waals surface area contributed by atoms with E-state index in [9.17, 15) is 0 Å². The van der Waals surface area contributed by atoms with Crippen LogP contribution in [-0.4, -0.2) is 9.78 Å². The summed E-state index contributed by atoms with van der Waals surface area (Å²) in [5.74, 6) is 1.53. The maximum absolute atomic E-state index is 5.99. The van der Waals surface area contributed by atoms with Gasteiger partial charge in [-0.1, -0.05) is 24.3 Å². The summed E-state index contributed by atoms with van der Waals surface area (Å²) in [4.78, 5) is 0. The first-order chi connectivity index (χ1) is 8.25. The van der Waals surface area contributed by atoms with Crippen molar-refractivity contribution in [3.05, 3.63) is 45.2 Å². The summed E-state index contributed by atoms with van der Waals surface area (Å²) >= 11 is 2.21. The van der Waals surface area contributed by atoms with Crippen LogP contribution in [0, 0.1) is 3.57 Å². The van der Waals surface area contributed by atoms with Gasteiger partial charge in [-0.2, -0.15) is 5.10 Å². The number of nitrogens with zero attached hydrogens (tertiary/aromatic N) is 2. The zero-order chi connectivity index (χ0) is 11.8. The monoisotopic (exact) mass is 339 g/mol. The molecule has 3 nitrogen and oxygen atoms in total. The third-order valence-corrected chi connectivity index (χ3v) is 4.06. The topological polar surface area (TPSA) is 43.8 Å². The summed E-state index contributed by atoms with van der Waals surface area (Å²) in [6.07, 6.45) is 4.46. The molecule has 88 valence electrons. The molecule has 0 radical (unpaired) electrons. The van der Waals surface area contributed by atoms with Crippen LogP contribution in [0.5, 0.6) is 0 Å². The maximum atomic E-state index is 5.99. The molecule has 1 aromatic carbocycles. The fourth-order valence-electron chi connectivity index (χ4n) is 2.13. The molecule has 17 heavy (non-hydrogen) atoms. The van der Waals surface area contributed by atoms with Gasteiger partial charge in [0.1, 0.15) is 5.82 Å². The Bertz CT molecular complexity index is 543. The van der Waals surface area contributed by atoms with E-state index >= 15 is 0 Å². The smallest absolute Gasteiger partial charge is 0.135 e. The van der Waals surface area contributed by atoms with Crippen molar-refractivity contribution in [1.29, 1.82) is 0 Å². The largest absolute Gasteiger partial charge is 0.383 e. The van der Waals surface area contributed by atoms with Gasteiger partial charge in [0, 0.05) is 0 Å². The summed E-state index contributed by atoms with van der Waals surface area (Å²) < 4.78 is 2.90. The lowest BCUT2D eigenvalue weighted by molar-refractivity contribution is 0.691. The molecule has 0 bridgehead atoms. The highest BCUT2D eigenvalue weighted by atomic mass is 127. The molecule has 3 rings (SSSR count). The Hall–Kier alpha value is -1.04. The Balaban J connectivity index is 1.92. The Labute approximate surface area is 114 Å². The van der Waals surface area contributed by atoms with E-state index in [1.165, 1.54) is 24.0 Å². The molecule has 1 aliphatic carbocycles. The van der Waals surface area contributed by atoms with Crippen molar-refractivity contribution < 1.29 is 0 Å². The standard InChI is InChI=1S/C13H14IN3/c14-12-7-16-17(13(12)15)8-10-3-1-2-4-11(10)9-5-6-9/h1-4,7,9H,5-6,8,15H2. The van der Waals surface area contributed by atoms with Gasteiger partial charge in [-0.15, -0.1) is 0 Å². The van der Waals surface area contributed by atoms with Gasteiger partial charge in [-0.3, -0.25) is 0 Å². The van der Waals surface area contributed by atoms with E-state index in [-0.39, 0.29) is 0 Å². The van der Waals surface area contributed by atoms with Gasteiger partial charge in [-0.05, 0) is 52.5 Å². The molecule has 1 heterocycles. The molecule has 2 N–H and O–H groups in total. The predicted octanol–water partition coefficient (Wildman–Crippen LogP) is 3.00. The number of rotatable bonds is 3. The van der Waals surface area contributed by atoms with Crippen molar-refractivity contribution in [3.63, 3.8) is 0 Å². The summed E-state index contributed by atoms with van der Waals surface area (Å²) in [6.45, 7) is 0.779. The Morgan fingerprint density at radius 2 is 2.12 bits per heavy atom. The molecule has 2 aromatic rings. The van der Waals surface area contributed by atoms with Crippen molar-refractivity contribution in [2.45, 2.75) is 25.3 Å². The van der Waals surface area contributed by atoms with Gasteiger partial charge in [0.2, 0.25) is 0 Å². The number of hydrogen-bond donors (Lipinski definition) is 1. The Morgan fingerprint density at radius 1 is 1.35 bits per heavy atom. The average Bonchev–Trinajstić information content (AvgIpc) is 3.13. The van der Waals surface area contributed by atoms with E-state index in [2.05, 4.69) is 52.0 Å². The van der Waals surface area contributed by atoms with Gasteiger partial charge in [0.25, 0.3) is 0 Å². The van der Waals surface area contributed by atoms with Crippen LogP contribution in [0.4, 0.5) is 5.82 Å². The second-order valence-corrected chi connectivity index (χ2v) is 5.67. The fourth-order valence-corrected chi connectivity index (χ4v) is 2.53. The van der Waals surface area contributed by atoms with Crippen molar-refractivity contribution in [2.24, 2.45) is 0 Å². The minimum absolute atomic E-state index is 0.760. The zero-order valence-electron chi connectivity index (χ0n) is 9.44. The number of nitrogen functional groups attached to an aromatic ring is 1. The number of hydrogen-bond acceptors (Lipinski definition) is 2. The van der Waals surface area contributed by atoms with Crippen LogP contribution in [0.2, 0.25) is 0 Å². The normalized spacial score (nSPS) is 15.1. The molecule has 0 spiro atoms. The molecule has 1 aliphatic rings. The number of halogens is 1. The molecule has 0 atom stereocenters. The van der Waals surface area contributed by atoms with E-state index < -0.39 is 0 Å². The first kappa shape index (κ1) is 11.1. The van der Waals surface area contributed by atoms with Gasteiger partial charge >= 0.3 is 0 Å². The highest BCUT2D eigenvalue weighted by Crippen LogP contribution is 2.41. The van der Waals surface area contributed by atoms with Crippen LogP contribution in [0.3, 0.4) is 0 Å². The van der Waals surface area contributed by atoms with Gasteiger partial charge in [0.05, 0.1) is 16.3 Å². The first-order valence-corrected chi connectivity index (χ1v) is 6.88. The van der Waals surface area contributed by atoms with Crippen molar-refractivity contribution >= 4 is 28.4 Å². The van der Waals surface area contributed by atoms with E-state index in [0.29, 0.717) is 0 Å². The first-order valence-electron chi connectivity index (χ1n) is 5.80. The average molecular weight is 339 g/mol. The Kier molecular flexibility index (Phi) is 2.82. The van der Waals surface area contributed by atoms with Crippen LogP contribution in [0.1, 0.15) is 29.9 Å². The van der Waals surface area contributed by atoms with Crippen LogP contribution in [0.15, 0.2) is 30.5 Å². The quantitative estimate of drug-likeness (QED) is 0.874. The maximum Gasteiger partial charge on any atom is 0.135 e. The van der Waals surface area contributed by atoms with E-state index in [1.54, 1.807) is 0 Å². The van der Waals surface area contributed by atoms with Crippen molar-refractivity contribution in [2.75, 3.05) is 5.73 Å². The highest BCUT2D eigenvalue weighted by molar-refractivity contribution is 14.1. The highest BCUT2D eigenvalue weighted by Gasteiger charge is 2.25. The van der Waals surface area contributed by atoms with E-state index in [4.69, 9.17) is 5.73 Å². The summed E-state index contributed by atoms with van der Waals surface area (Å²) in [5, 5.41) is 4.32. The molecular formula is C13H14IN3. The number of anilines is 1. The molecule has 1 saturated carbocycles. The third kappa shape index (κ3) is 2.18. The fraction of sp³-hybridized carbons (Fsp3) is 0.308. The lowest BCUT2D eigenvalue weighted by atomic mass is 10.0. The second kappa shape index (κ2) is 4.33. The molecule has 4 heteroatoms. The number of nitrogens with two attached hydrogens (primary N) is 1. The van der Waals surface area contributed by atoms with Crippen molar-refractivity contribution in [3.8, 4) is 0 Å². The molecule has 0 aliphatic heterocycles. The molecule has 0 unspecified atom stereocenters. The second-order valence-electron chi connectivity index (χ2n) is 4.51. The molecule has 0 saturated heterocycles. The van der Waals surface area contributed by atoms with Gasteiger partial charge in [-0.25, -0.2) is 4.68 Å². The minimum atomic E-state index is 0.760. The van der Waals surface area contributed by atoms with E-state index in [1.807, 2.05) is 10.9 Å². The third-order valence-electron chi connectivity index (χ3n) is 3.23. The van der Waals surface area contributed by atoms with Gasteiger partial charge < -0.3 is 5.73 Å². The predicted molar refractivity (Wildman–Crippen MR) is 76.9 cm³/mol. The molecule has 1 aromatic heterocycles. The molecule has 0 amide bonds. The van der Waals surface area contributed by atoms with Crippen LogP contribution in [-0.2, 0) is 6.54 Å². The summed E-state index contributed by atoms with van der Waals surface area (Å²) in [5.41, 5.74) is 8.80. The Morgan fingerprint density at radius 3 is 2.76 bits per heavy atom. The lowest BCUT2D eigenvalue weighted by Gasteiger charge is -2.09. The zero-order valence-corrected chi connectivity index (χ0v) is 11.6. The SMILES string of the molecule is Nc1c(I)cnn1Cc1ccccc1C1CC1. The van der Waals surface area contributed by atoms with Gasteiger partial charge in [0.15, 0.2) is 0 Å². The summed E-state index contributed by atoms with van der Waals surface area (Å²) in [6, 6.07) is 8.62. The summed E-state index contributed by atoms with van der Waals surface area (Å²) in [7, 11) is 0. The van der Waals surface area contributed by atoms with Crippen LogP contribution in [0.25, 0.3) is 0 Å². The van der Waals surface area contributed by atoms with Crippen molar-refractivity contribution in [1.82, 2.24) is 9.78 Å². The molecular weight excluding hydrogens is 325 g/mol. The van der Waals surface area contributed by atoms with Crippen LogP contribution < -0.4 is 5.73 Å². The van der Waals surface area contributed by atoms with Crippen LogP contribution >= 0.6 is 22.6 Å². The molecule has 1 fully saturated rings. The number of aromatic nitrogens is 2. The minimum Gasteiger partial charge on any atom is -0.383 e. The lowest BCUT2D eigenvalue weighted by Crippen LogP contribution is -2.07. The number of benzene rings is 1.